The Labute approximate surface area is 108 Å². The van der Waals surface area contributed by atoms with Crippen molar-refractivity contribution in [2.45, 2.75) is 45.2 Å². The molecule has 2 fully saturated rings. The van der Waals surface area contributed by atoms with Gasteiger partial charge in [-0.1, -0.05) is 13.8 Å². The van der Waals surface area contributed by atoms with Gasteiger partial charge in [0, 0.05) is 18.8 Å². The molecule has 2 heterocycles. The quantitative estimate of drug-likeness (QED) is 0.782. The minimum Gasteiger partial charge on any atom is -0.381 e. The van der Waals surface area contributed by atoms with E-state index in [-0.39, 0.29) is 35.9 Å². The van der Waals surface area contributed by atoms with E-state index in [0.717, 1.165) is 12.8 Å². The van der Waals surface area contributed by atoms with Crippen LogP contribution in [0.2, 0.25) is 0 Å². The van der Waals surface area contributed by atoms with Gasteiger partial charge in [-0.15, -0.1) is 0 Å². The Morgan fingerprint density at radius 1 is 1.33 bits per heavy atom. The van der Waals surface area contributed by atoms with E-state index in [4.69, 9.17) is 4.74 Å². The Hall–Kier alpha value is -1.10. The monoisotopic (exact) mass is 254 g/mol. The van der Waals surface area contributed by atoms with Gasteiger partial charge in [0.15, 0.2) is 0 Å². The summed E-state index contributed by atoms with van der Waals surface area (Å²) < 4.78 is 5.38. The largest absolute Gasteiger partial charge is 0.381 e. The highest BCUT2D eigenvalue weighted by Crippen LogP contribution is 2.32. The Kier molecular flexibility index (Phi) is 3.61. The van der Waals surface area contributed by atoms with Gasteiger partial charge >= 0.3 is 0 Å². The second-order valence-corrected chi connectivity index (χ2v) is 5.78. The van der Waals surface area contributed by atoms with Gasteiger partial charge < -0.3 is 15.0 Å². The summed E-state index contributed by atoms with van der Waals surface area (Å²) in [5.41, 5.74) is -0.248. The van der Waals surface area contributed by atoms with Crippen LogP contribution in [0.4, 0.5) is 0 Å². The molecule has 2 aliphatic rings. The molecular formula is C13H22N2O3. The molecule has 1 N–H and O–H groups in total. The first kappa shape index (κ1) is 13.3. The van der Waals surface area contributed by atoms with Crippen LogP contribution in [0.15, 0.2) is 0 Å². The lowest BCUT2D eigenvalue weighted by molar-refractivity contribution is -0.159. The lowest BCUT2D eigenvalue weighted by atomic mass is 9.85. The molecule has 5 heteroatoms. The number of ether oxygens (including phenoxy) is 1. The maximum Gasteiger partial charge on any atom is 0.243 e. The first-order chi connectivity index (χ1) is 8.46. The second-order valence-electron chi connectivity index (χ2n) is 5.78. The normalized spacial score (nSPS) is 28.4. The molecule has 2 saturated heterocycles. The Balaban J connectivity index is 2.30. The summed E-state index contributed by atoms with van der Waals surface area (Å²) in [7, 11) is 0. The van der Waals surface area contributed by atoms with E-state index in [1.54, 1.807) is 0 Å². The summed E-state index contributed by atoms with van der Waals surface area (Å²) in [6.45, 7) is 7.48. The number of nitrogens with zero attached hydrogens (tertiary/aromatic N) is 1. The number of carbonyl (C=O) groups excluding carboxylic acids is 2. The summed E-state index contributed by atoms with van der Waals surface area (Å²) in [6, 6.07) is -0.352. The summed E-state index contributed by atoms with van der Waals surface area (Å²) >= 11 is 0. The van der Waals surface area contributed by atoms with E-state index in [2.05, 4.69) is 12.2 Å². The van der Waals surface area contributed by atoms with E-state index in [9.17, 15) is 9.59 Å². The van der Waals surface area contributed by atoms with Gasteiger partial charge in [0.05, 0.1) is 6.54 Å². The van der Waals surface area contributed by atoms with Gasteiger partial charge in [-0.2, -0.15) is 0 Å². The fourth-order valence-corrected chi connectivity index (χ4v) is 2.91. The zero-order valence-corrected chi connectivity index (χ0v) is 11.4. The number of rotatable bonds is 2. The standard InChI is InChI=1S/C13H22N2O3/c1-9(2)11-12(17)14-8-10(16)15(11)13(3)4-6-18-7-5-13/h9,11H,4-8H2,1-3H3,(H,14,17). The molecule has 1 atom stereocenters. The lowest BCUT2D eigenvalue weighted by Crippen LogP contribution is -2.67. The van der Waals surface area contributed by atoms with Crippen LogP contribution in [-0.4, -0.2) is 48.1 Å². The predicted molar refractivity (Wildman–Crippen MR) is 66.9 cm³/mol. The molecule has 0 radical (unpaired) electrons. The van der Waals surface area contributed by atoms with E-state index < -0.39 is 0 Å². The molecule has 0 aliphatic carbocycles. The number of amides is 2. The van der Waals surface area contributed by atoms with Crippen molar-refractivity contribution in [2.24, 2.45) is 5.92 Å². The highest BCUT2D eigenvalue weighted by molar-refractivity contribution is 5.95. The van der Waals surface area contributed by atoms with Crippen LogP contribution < -0.4 is 5.32 Å². The topological polar surface area (TPSA) is 58.6 Å². The van der Waals surface area contributed by atoms with E-state index in [1.807, 2.05) is 18.7 Å². The third-order valence-electron chi connectivity index (χ3n) is 4.01. The number of hydrogen-bond acceptors (Lipinski definition) is 3. The van der Waals surface area contributed by atoms with Crippen molar-refractivity contribution in [1.82, 2.24) is 10.2 Å². The molecule has 1 unspecified atom stereocenters. The van der Waals surface area contributed by atoms with Crippen molar-refractivity contribution >= 4 is 11.8 Å². The first-order valence-electron chi connectivity index (χ1n) is 6.63. The number of hydrogen-bond donors (Lipinski definition) is 1. The third-order valence-corrected chi connectivity index (χ3v) is 4.01. The fraction of sp³-hybridized carbons (Fsp3) is 0.846. The molecule has 2 amide bonds. The summed E-state index contributed by atoms with van der Waals surface area (Å²) in [5.74, 6) is 0.115. The van der Waals surface area contributed by atoms with Crippen LogP contribution in [0.5, 0.6) is 0 Å². The van der Waals surface area contributed by atoms with Gasteiger partial charge in [-0.25, -0.2) is 0 Å². The minimum absolute atomic E-state index is 0.0256. The summed E-state index contributed by atoms with van der Waals surface area (Å²) in [4.78, 5) is 26.1. The average Bonchev–Trinajstić information content (AvgIpc) is 2.32. The van der Waals surface area contributed by atoms with Crippen molar-refractivity contribution in [2.75, 3.05) is 19.8 Å². The highest BCUT2D eigenvalue weighted by atomic mass is 16.5. The van der Waals surface area contributed by atoms with Gasteiger partial charge in [-0.3, -0.25) is 9.59 Å². The molecular weight excluding hydrogens is 232 g/mol. The molecule has 0 saturated carbocycles. The van der Waals surface area contributed by atoms with Gasteiger partial charge in [0.2, 0.25) is 11.8 Å². The van der Waals surface area contributed by atoms with Crippen LogP contribution in [0.25, 0.3) is 0 Å². The molecule has 0 aromatic heterocycles. The molecule has 0 aromatic rings. The molecule has 102 valence electrons. The van der Waals surface area contributed by atoms with Crippen LogP contribution >= 0.6 is 0 Å². The lowest BCUT2D eigenvalue weighted by Gasteiger charge is -2.50. The van der Waals surface area contributed by atoms with E-state index >= 15 is 0 Å². The first-order valence-corrected chi connectivity index (χ1v) is 6.63. The van der Waals surface area contributed by atoms with Gasteiger partial charge in [-0.05, 0) is 25.7 Å². The SMILES string of the molecule is CC(C)C1C(=O)NCC(=O)N1C1(C)CCOCC1. The number of nitrogens with one attached hydrogen (secondary N) is 1. The summed E-state index contributed by atoms with van der Waals surface area (Å²) in [6.07, 6.45) is 1.60. The fourth-order valence-electron chi connectivity index (χ4n) is 2.91. The molecule has 0 spiro atoms. The number of carbonyl (C=O) groups is 2. The Bertz CT molecular complexity index is 348. The molecule has 0 bridgehead atoms. The van der Waals surface area contributed by atoms with Crippen molar-refractivity contribution in [3.8, 4) is 0 Å². The Morgan fingerprint density at radius 3 is 2.50 bits per heavy atom. The molecule has 0 aromatic carbocycles. The third kappa shape index (κ3) is 2.23. The van der Waals surface area contributed by atoms with Crippen molar-refractivity contribution < 1.29 is 14.3 Å². The average molecular weight is 254 g/mol. The smallest absolute Gasteiger partial charge is 0.243 e. The predicted octanol–water partition coefficient (Wildman–Crippen LogP) is 0.539. The molecule has 2 aliphatic heterocycles. The van der Waals surface area contributed by atoms with Crippen LogP contribution in [0.1, 0.15) is 33.6 Å². The second kappa shape index (κ2) is 4.88. The van der Waals surface area contributed by atoms with Crippen LogP contribution in [0.3, 0.4) is 0 Å². The molecule has 2 rings (SSSR count). The zero-order valence-electron chi connectivity index (χ0n) is 11.4. The van der Waals surface area contributed by atoms with Crippen molar-refractivity contribution in [3.05, 3.63) is 0 Å². The number of piperazine rings is 1. The van der Waals surface area contributed by atoms with Crippen molar-refractivity contribution in [1.29, 1.82) is 0 Å². The maximum absolute atomic E-state index is 12.2. The highest BCUT2D eigenvalue weighted by Gasteiger charge is 2.46. The van der Waals surface area contributed by atoms with Gasteiger partial charge in [0.1, 0.15) is 6.04 Å². The summed E-state index contributed by atoms with van der Waals surface area (Å²) in [5, 5.41) is 2.69. The molecule has 18 heavy (non-hydrogen) atoms. The van der Waals surface area contributed by atoms with Gasteiger partial charge in [0.25, 0.3) is 0 Å². The zero-order chi connectivity index (χ0) is 13.3. The molecule has 5 nitrogen and oxygen atoms in total. The van der Waals surface area contributed by atoms with E-state index in [1.165, 1.54) is 0 Å². The Morgan fingerprint density at radius 2 is 1.94 bits per heavy atom. The van der Waals surface area contributed by atoms with Crippen LogP contribution in [0, 0.1) is 5.92 Å². The minimum atomic E-state index is -0.352. The van der Waals surface area contributed by atoms with E-state index in [0.29, 0.717) is 13.2 Å². The van der Waals surface area contributed by atoms with Crippen molar-refractivity contribution in [3.63, 3.8) is 0 Å². The maximum atomic E-state index is 12.2. The van der Waals surface area contributed by atoms with Crippen LogP contribution in [-0.2, 0) is 14.3 Å².